The van der Waals surface area contributed by atoms with E-state index in [1.54, 1.807) is 9.30 Å². The predicted molar refractivity (Wildman–Crippen MR) is 88.9 cm³/mol. The lowest BCUT2D eigenvalue weighted by Crippen LogP contribution is -2.41. The van der Waals surface area contributed by atoms with Crippen molar-refractivity contribution in [3.05, 3.63) is 35.8 Å². The molecule has 2 aliphatic rings. The van der Waals surface area contributed by atoms with Crippen LogP contribution in [0.15, 0.2) is 24.4 Å². The number of imidazole rings is 1. The van der Waals surface area contributed by atoms with E-state index in [1.807, 2.05) is 31.3 Å². The van der Waals surface area contributed by atoms with Gasteiger partial charge >= 0.3 is 0 Å². The molecule has 8 heteroatoms. The minimum Gasteiger partial charge on any atom is -0.335 e. The van der Waals surface area contributed by atoms with Crippen molar-refractivity contribution in [1.82, 2.24) is 19.2 Å². The van der Waals surface area contributed by atoms with Crippen molar-refractivity contribution >= 4 is 34.5 Å². The molecule has 4 heterocycles. The second-order valence-electron chi connectivity index (χ2n) is 5.99. The summed E-state index contributed by atoms with van der Waals surface area (Å²) in [5.41, 5.74) is 1.95. The van der Waals surface area contributed by atoms with Gasteiger partial charge in [0.15, 0.2) is 0 Å². The first kappa shape index (κ1) is 15.2. The Morgan fingerprint density at radius 1 is 1.33 bits per heavy atom. The van der Waals surface area contributed by atoms with E-state index in [1.165, 1.54) is 4.90 Å². The summed E-state index contributed by atoms with van der Waals surface area (Å²) in [7, 11) is 0. The molecule has 0 bridgehead atoms. The molecule has 0 saturated carbocycles. The molecule has 0 aliphatic carbocycles. The summed E-state index contributed by atoms with van der Waals surface area (Å²) >= 11 is 1.03. The van der Waals surface area contributed by atoms with E-state index >= 15 is 0 Å². The van der Waals surface area contributed by atoms with Crippen LogP contribution in [0.4, 0.5) is 4.79 Å². The molecule has 1 atom stereocenters. The van der Waals surface area contributed by atoms with Crippen molar-refractivity contribution in [1.29, 1.82) is 0 Å². The molecule has 0 radical (unpaired) electrons. The van der Waals surface area contributed by atoms with E-state index in [0.29, 0.717) is 30.9 Å². The Labute approximate surface area is 142 Å². The third kappa shape index (κ3) is 2.29. The summed E-state index contributed by atoms with van der Waals surface area (Å²) in [6, 6.07) is 5.37. The summed E-state index contributed by atoms with van der Waals surface area (Å²) in [6.45, 7) is 2.74. The van der Waals surface area contributed by atoms with E-state index in [-0.39, 0.29) is 28.8 Å². The fourth-order valence-electron chi connectivity index (χ4n) is 3.38. The van der Waals surface area contributed by atoms with E-state index in [0.717, 1.165) is 17.4 Å². The normalized spacial score (nSPS) is 21.3. The molecule has 24 heavy (non-hydrogen) atoms. The number of rotatable bonds is 2. The van der Waals surface area contributed by atoms with Gasteiger partial charge in [0, 0.05) is 19.3 Å². The quantitative estimate of drug-likeness (QED) is 0.826. The Hall–Kier alpha value is -2.35. The Morgan fingerprint density at radius 3 is 2.92 bits per heavy atom. The van der Waals surface area contributed by atoms with Crippen LogP contribution in [0.1, 0.15) is 22.6 Å². The predicted octanol–water partition coefficient (Wildman–Crippen LogP) is 1.55. The number of likely N-dealkylation sites (tertiary alicyclic amines) is 1. The third-order valence-electron chi connectivity index (χ3n) is 4.51. The number of nitrogens with zero attached hydrogens (tertiary/aromatic N) is 4. The molecule has 2 aromatic heterocycles. The van der Waals surface area contributed by atoms with Crippen LogP contribution in [-0.4, -0.2) is 61.1 Å². The minimum absolute atomic E-state index is 0.111. The number of thioether (sulfide) groups is 1. The van der Waals surface area contributed by atoms with Crippen molar-refractivity contribution in [3.63, 3.8) is 0 Å². The van der Waals surface area contributed by atoms with Crippen LogP contribution >= 0.6 is 11.8 Å². The average molecular weight is 344 g/mol. The van der Waals surface area contributed by atoms with Crippen molar-refractivity contribution in [2.45, 2.75) is 19.4 Å². The molecule has 4 rings (SSSR count). The van der Waals surface area contributed by atoms with Gasteiger partial charge in [-0.2, -0.15) is 0 Å². The van der Waals surface area contributed by atoms with E-state index in [2.05, 4.69) is 4.98 Å². The number of fused-ring (bicyclic) bond motifs is 1. The van der Waals surface area contributed by atoms with E-state index in [9.17, 15) is 14.4 Å². The number of carbonyl (C=O) groups excluding carboxylic acids is 3. The van der Waals surface area contributed by atoms with Gasteiger partial charge in [-0.15, -0.1) is 0 Å². The van der Waals surface area contributed by atoms with Crippen molar-refractivity contribution in [2.75, 3.05) is 18.8 Å². The molecule has 2 aromatic rings. The fourth-order valence-corrected chi connectivity index (χ4v) is 4.15. The maximum absolute atomic E-state index is 12.9. The number of hydrogen-bond donors (Lipinski definition) is 0. The monoisotopic (exact) mass is 344 g/mol. The molecule has 7 nitrogen and oxygen atoms in total. The molecule has 0 aromatic carbocycles. The average Bonchev–Trinajstić information content (AvgIpc) is 3.24. The Balaban J connectivity index is 1.58. The number of hydrogen-bond acceptors (Lipinski definition) is 5. The van der Waals surface area contributed by atoms with Gasteiger partial charge < -0.3 is 4.90 Å². The summed E-state index contributed by atoms with van der Waals surface area (Å²) in [5, 5.41) is -0.203. The standard InChI is InChI=1S/C16H16N4O3S/c1-10-14(19-6-3-2-4-12(19)17-10)15(22)18-7-5-11(8-18)20-13(21)9-24-16(20)23/h2-4,6,11H,5,7-9H2,1H3. The van der Waals surface area contributed by atoms with Gasteiger partial charge in [0.05, 0.1) is 17.5 Å². The third-order valence-corrected chi connectivity index (χ3v) is 5.34. The Morgan fingerprint density at radius 2 is 2.17 bits per heavy atom. The molecule has 2 aliphatic heterocycles. The first-order valence-corrected chi connectivity index (χ1v) is 8.76. The molecule has 2 fully saturated rings. The molecule has 0 spiro atoms. The number of aromatic nitrogens is 2. The lowest BCUT2D eigenvalue weighted by atomic mass is 10.2. The Bertz CT molecular complexity index is 846. The second-order valence-corrected chi connectivity index (χ2v) is 6.91. The number of aryl methyl sites for hydroxylation is 1. The Kier molecular flexibility index (Phi) is 3.56. The topological polar surface area (TPSA) is 75.0 Å². The van der Waals surface area contributed by atoms with Gasteiger partial charge in [-0.3, -0.25) is 23.7 Å². The highest BCUT2D eigenvalue weighted by atomic mass is 32.2. The van der Waals surface area contributed by atoms with E-state index < -0.39 is 0 Å². The summed E-state index contributed by atoms with van der Waals surface area (Å²) in [4.78, 5) is 44.1. The number of imide groups is 1. The SMILES string of the molecule is Cc1nc2ccccn2c1C(=O)N1CCC(N2C(=O)CSC2=O)C1. The van der Waals surface area contributed by atoms with Gasteiger partial charge in [0.1, 0.15) is 11.3 Å². The highest BCUT2D eigenvalue weighted by Crippen LogP contribution is 2.27. The van der Waals surface area contributed by atoms with Gasteiger partial charge in [0.25, 0.3) is 11.1 Å². The lowest BCUT2D eigenvalue weighted by molar-refractivity contribution is -0.126. The molecular formula is C16H16N4O3S. The summed E-state index contributed by atoms with van der Waals surface area (Å²) < 4.78 is 1.78. The van der Waals surface area contributed by atoms with Crippen LogP contribution in [0.25, 0.3) is 5.65 Å². The highest BCUT2D eigenvalue weighted by Gasteiger charge is 2.40. The molecule has 3 amide bonds. The van der Waals surface area contributed by atoms with Crippen LogP contribution in [0, 0.1) is 6.92 Å². The zero-order chi connectivity index (χ0) is 16.8. The zero-order valence-corrected chi connectivity index (χ0v) is 14.0. The van der Waals surface area contributed by atoms with Gasteiger partial charge in [-0.05, 0) is 25.5 Å². The molecule has 124 valence electrons. The summed E-state index contributed by atoms with van der Waals surface area (Å²) in [6.07, 6.45) is 2.44. The van der Waals surface area contributed by atoms with Crippen LogP contribution in [-0.2, 0) is 4.79 Å². The number of amides is 3. The second kappa shape index (κ2) is 5.62. The molecular weight excluding hydrogens is 328 g/mol. The lowest BCUT2D eigenvalue weighted by Gasteiger charge is -2.22. The zero-order valence-electron chi connectivity index (χ0n) is 13.1. The largest absolute Gasteiger partial charge is 0.335 e. The molecule has 0 N–H and O–H groups in total. The minimum atomic E-state index is -0.219. The van der Waals surface area contributed by atoms with Crippen molar-refractivity contribution in [2.24, 2.45) is 0 Å². The molecule has 1 unspecified atom stereocenters. The van der Waals surface area contributed by atoms with Gasteiger partial charge in [-0.25, -0.2) is 4.98 Å². The van der Waals surface area contributed by atoms with Crippen LogP contribution in [0.2, 0.25) is 0 Å². The van der Waals surface area contributed by atoms with Crippen molar-refractivity contribution < 1.29 is 14.4 Å². The van der Waals surface area contributed by atoms with Crippen LogP contribution in [0.5, 0.6) is 0 Å². The maximum Gasteiger partial charge on any atom is 0.289 e. The smallest absolute Gasteiger partial charge is 0.289 e. The van der Waals surface area contributed by atoms with Gasteiger partial charge in [0.2, 0.25) is 5.91 Å². The van der Waals surface area contributed by atoms with Crippen LogP contribution < -0.4 is 0 Å². The number of pyridine rings is 1. The molecule has 2 saturated heterocycles. The van der Waals surface area contributed by atoms with Gasteiger partial charge in [-0.1, -0.05) is 17.8 Å². The van der Waals surface area contributed by atoms with Crippen molar-refractivity contribution in [3.8, 4) is 0 Å². The maximum atomic E-state index is 12.9. The van der Waals surface area contributed by atoms with Crippen LogP contribution in [0.3, 0.4) is 0 Å². The first-order chi connectivity index (χ1) is 11.6. The summed E-state index contributed by atoms with van der Waals surface area (Å²) in [5.74, 6) is -0.0638. The first-order valence-electron chi connectivity index (χ1n) is 7.78. The van der Waals surface area contributed by atoms with E-state index in [4.69, 9.17) is 0 Å². The number of carbonyl (C=O) groups is 3. The highest BCUT2D eigenvalue weighted by molar-refractivity contribution is 8.14. The fraction of sp³-hybridized carbons (Fsp3) is 0.375.